The van der Waals surface area contributed by atoms with Gasteiger partial charge in [0.2, 0.25) is 0 Å². The molecule has 35 heavy (non-hydrogen) atoms. The minimum Gasteiger partial charge on any atom is -0.346 e. The summed E-state index contributed by atoms with van der Waals surface area (Å²) in [4.78, 5) is 23.5. The molecule has 1 aliphatic carbocycles. The first-order valence-corrected chi connectivity index (χ1v) is 13.4. The zero-order valence-electron chi connectivity index (χ0n) is 19.5. The van der Waals surface area contributed by atoms with Crippen LogP contribution < -0.4 is 5.32 Å². The molecule has 0 spiro atoms. The van der Waals surface area contributed by atoms with E-state index in [1.54, 1.807) is 13.0 Å². The number of aromatic nitrogens is 2. The predicted molar refractivity (Wildman–Crippen MR) is 123 cm³/mol. The van der Waals surface area contributed by atoms with Crippen molar-refractivity contribution in [3.05, 3.63) is 53.1 Å². The van der Waals surface area contributed by atoms with Crippen molar-refractivity contribution in [1.82, 2.24) is 20.2 Å². The highest BCUT2D eigenvalue weighted by molar-refractivity contribution is 7.91. The Morgan fingerprint density at radius 1 is 1.11 bits per heavy atom. The highest BCUT2D eigenvalue weighted by Gasteiger charge is 2.41. The first-order valence-electron chi connectivity index (χ1n) is 11.8. The second kappa shape index (κ2) is 10.2. The Morgan fingerprint density at radius 3 is 2.49 bits per heavy atom. The minimum absolute atomic E-state index is 0.00724. The van der Waals surface area contributed by atoms with E-state index in [0.29, 0.717) is 37.2 Å². The second-order valence-electron chi connectivity index (χ2n) is 9.33. The Labute approximate surface area is 203 Å². The van der Waals surface area contributed by atoms with Gasteiger partial charge in [0.1, 0.15) is 0 Å². The zero-order chi connectivity index (χ0) is 25.2. The van der Waals surface area contributed by atoms with E-state index in [-0.39, 0.29) is 41.9 Å². The third-order valence-corrected chi connectivity index (χ3v) is 8.60. The van der Waals surface area contributed by atoms with Gasteiger partial charge in [-0.3, -0.25) is 19.7 Å². The van der Waals surface area contributed by atoms with Gasteiger partial charge in [0, 0.05) is 32.0 Å². The number of alkyl halides is 3. The number of sulfone groups is 1. The van der Waals surface area contributed by atoms with Crippen LogP contribution in [0.1, 0.15) is 59.9 Å². The molecule has 4 rings (SSSR count). The minimum atomic E-state index is -4.09. The number of carbonyl (C=O) groups excluding carboxylic acids is 1. The zero-order valence-corrected chi connectivity index (χ0v) is 20.3. The van der Waals surface area contributed by atoms with Crippen molar-refractivity contribution in [2.75, 3.05) is 12.3 Å². The molecule has 11 heteroatoms. The molecule has 0 radical (unpaired) electrons. The van der Waals surface area contributed by atoms with E-state index in [9.17, 15) is 26.4 Å². The van der Waals surface area contributed by atoms with Crippen LogP contribution in [0.3, 0.4) is 0 Å². The average molecular weight is 511 g/mol. The van der Waals surface area contributed by atoms with Crippen molar-refractivity contribution >= 4 is 15.7 Å². The van der Waals surface area contributed by atoms with Gasteiger partial charge in [-0.1, -0.05) is 6.92 Å². The summed E-state index contributed by atoms with van der Waals surface area (Å²) >= 11 is 0. The Kier molecular flexibility index (Phi) is 7.46. The molecule has 7 nitrogen and oxygen atoms in total. The maximum Gasteiger partial charge on any atom is 0.391 e. The van der Waals surface area contributed by atoms with Crippen LogP contribution in [-0.4, -0.2) is 47.7 Å². The smallest absolute Gasteiger partial charge is 0.346 e. The van der Waals surface area contributed by atoms with Crippen LogP contribution in [0.2, 0.25) is 0 Å². The molecule has 3 heterocycles. The molecule has 1 amide bonds. The van der Waals surface area contributed by atoms with Gasteiger partial charge < -0.3 is 5.32 Å². The maximum atomic E-state index is 12.9. The second-order valence-corrected chi connectivity index (χ2v) is 11.6. The van der Waals surface area contributed by atoms with Crippen LogP contribution in [0.25, 0.3) is 0 Å². The maximum absolute atomic E-state index is 12.9. The highest BCUT2D eigenvalue weighted by atomic mass is 32.2. The van der Waals surface area contributed by atoms with E-state index in [1.165, 1.54) is 18.5 Å². The van der Waals surface area contributed by atoms with Gasteiger partial charge in [-0.15, -0.1) is 0 Å². The fourth-order valence-electron chi connectivity index (χ4n) is 4.76. The number of nitrogens with one attached hydrogen (secondary N) is 1. The summed E-state index contributed by atoms with van der Waals surface area (Å²) in [5.74, 6) is -1.24. The molecular weight excluding hydrogens is 481 g/mol. The summed E-state index contributed by atoms with van der Waals surface area (Å²) < 4.78 is 62.5. The molecule has 2 aromatic heterocycles. The Bertz CT molecular complexity index is 1160. The van der Waals surface area contributed by atoms with E-state index in [4.69, 9.17) is 0 Å². The first-order chi connectivity index (χ1) is 16.5. The third-order valence-electron chi connectivity index (χ3n) is 6.88. The third kappa shape index (κ3) is 6.19. The van der Waals surface area contributed by atoms with Crippen molar-refractivity contribution < 1.29 is 26.4 Å². The summed E-state index contributed by atoms with van der Waals surface area (Å²) in [7, 11) is -3.32. The molecular formula is C24H29F3N4O3S. The molecule has 1 saturated carbocycles. The largest absolute Gasteiger partial charge is 0.391 e. The number of pyridine rings is 2. The normalized spacial score (nSPS) is 21.0. The quantitative estimate of drug-likeness (QED) is 0.608. The number of nitrogens with zero attached hydrogens (tertiary/aromatic N) is 3. The molecule has 0 aromatic carbocycles. The number of fused-ring (bicyclic) bond motifs is 1. The molecule has 2 aliphatic rings. The van der Waals surface area contributed by atoms with Gasteiger partial charge in [-0.2, -0.15) is 13.2 Å². The molecule has 1 fully saturated rings. The van der Waals surface area contributed by atoms with Gasteiger partial charge in [0.25, 0.3) is 5.91 Å². The van der Waals surface area contributed by atoms with E-state index in [0.717, 1.165) is 17.8 Å². The van der Waals surface area contributed by atoms with Gasteiger partial charge in [0.05, 0.1) is 40.1 Å². The lowest BCUT2D eigenvalue weighted by Crippen LogP contribution is -2.32. The van der Waals surface area contributed by atoms with E-state index < -0.39 is 21.9 Å². The van der Waals surface area contributed by atoms with Crippen molar-refractivity contribution in [2.45, 2.75) is 63.3 Å². The summed E-state index contributed by atoms with van der Waals surface area (Å²) in [5, 5.41) is 2.78. The molecule has 1 aliphatic heterocycles. The van der Waals surface area contributed by atoms with E-state index >= 15 is 0 Å². The monoisotopic (exact) mass is 510 g/mol. The molecule has 2 aromatic rings. The molecule has 0 atom stereocenters. The van der Waals surface area contributed by atoms with Crippen molar-refractivity contribution in [2.24, 2.45) is 11.8 Å². The first kappa shape index (κ1) is 25.6. The molecule has 1 N–H and O–H groups in total. The topological polar surface area (TPSA) is 92.3 Å². The number of halogens is 3. The number of rotatable bonds is 7. The van der Waals surface area contributed by atoms with Gasteiger partial charge in [0.15, 0.2) is 9.84 Å². The lowest BCUT2D eigenvalue weighted by molar-refractivity contribution is -0.184. The van der Waals surface area contributed by atoms with Crippen LogP contribution in [0.15, 0.2) is 35.5 Å². The fourth-order valence-corrected chi connectivity index (χ4v) is 5.58. The lowest BCUT2D eigenvalue weighted by Gasteiger charge is -2.32. The van der Waals surface area contributed by atoms with E-state index in [1.807, 2.05) is 6.07 Å². The van der Waals surface area contributed by atoms with Gasteiger partial charge in [-0.05, 0) is 55.4 Å². The van der Waals surface area contributed by atoms with Crippen LogP contribution >= 0.6 is 0 Å². The van der Waals surface area contributed by atoms with Crippen molar-refractivity contribution in [3.63, 3.8) is 0 Å². The molecule has 190 valence electrons. The summed E-state index contributed by atoms with van der Waals surface area (Å²) in [6, 6.07) is 4.86. The lowest BCUT2D eigenvalue weighted by atomic mass is 9.81. The Balaban J connectivity index is 1.29. The van der Waals surface area contributed by atoms with Gasteiger partial charge in [-0.25, -0.2) is 8.42 Å². The predicted octanol–water partition coefficient (Wildman–Crippen LogP) is 3.88. The van der Waals surface area contributed by atoms with Crippen LogP contribution in [0, 0.1) is 11.8 Å². The molecule has 0 bridgehead atoms. The Hall–Kier alpha value is -2.53. The average Bonchev–Trinajstić information content (AvgIpc) is 3.24. The van der Waals surface area contributed by atoms with Crippen molar-refractivity contribution in [3.8, 4) is 0 Å². The number of hydrogen-bond donors (Lipinski definition) is 1. The summed E-state index contributed by atoms with van der Waals surface area (Å²) in [6.45, 7) is 3.70. The molecule has 0 unspecified atom stereocenters. The van der Waals surface area contributed by atoms with Crippen molar-refractivity contribution in [1.29, 1.82) is 0 Å². The van der Waals surface area contributed by atoms with Crippen LogP contribution in [-0.2, 0) is 29.5 Å². The van der Waals surface area contributed by atoms with Crippen LogP contribution in [0.5, 0.6) is 0 Å². The Morgan fingerprint density at radius 2 is 1.86 bits per heavy atom. The summed E-state index contributed by atoms with van der Waals surface area (Å²) in [6.07, 6.45) is 0.283. The standard InChI is InChI=1S/C24H29F3N4O3S/c1-2-35(33,34)21-8-7-20(28-12-21)11-30-23(32)17-9-18-14-31(15-22(18)29-10-17)13-16-3-5-19(6-4-16)24(25,26)27/h7-10,12,16,19H,2-6,11,13-15H2,1H3,(H,30,32). The van der Waals surface area contributed by atoms with E-state index in [2.05, 4.69) is 20.2 Å². The SMILES string of the molecule is CCS(=O)(=O)c1ccc(CNC(=O)c2cnc3c(c2)CN(CC2CCC(C(F)(F)F)CC2)C3)nc1. The summed E-state index contributed by atoms with van der Waals surface area (Å²) in [5.41, 5.74) is 2.80. The van der Waals surface area contributed by atoms with Crippen LogP contribution in [0.4, 0.5) is 13.2 Å². The molecule has 0 saturated heterocycles. The number of amides is 1. The number of hydrogen-bond acceptors (Lipinski definition) is 6. The fraction of sp³-hybridized carbons (Fsp3) is 0.542. The van der Waals surface area contributed by atoms with Gasteiger partial charge >= 0.3 is 6.18 Å². The highest BCUT2D eigenvalue weighted by Crippen LogP contribution is 2.40. The number of carbonyl (C=O) groups is 1.